The molecule has 0 saturated carbocycles. The molecule has 0 aliphatic heterocycles. The summed E-state index contributed by atoms with van der Waals surface area (Å²) >= 11 is 10.5. The summed E-state index contributed by atoms with van der Waals surface area (Å²) in [5.41, 5.74) is 4.69. The fourth-order valence-electron chi connectivity index (χ4n) is 0.409. The van der Waals surface area contributed by atoms with Gasteiger partial charge in [-0.05, 0) is 6.08 Å². The molecule has 0 atom stereocenters. The molecule has 0 heterocycles. The van der Waals surface area contributed by atoms with Crippen LogP contribution in [0, 0.1) is 10.1 Å². The Balaban J connectivity index is 4.75. The van der Waals surface area contributed by atoms with Crippen LogP contribution in [-0.4, -0.2) is 4.92 Å². The minimum absolute atomic E-state index is 0.0627. The van der Waals surface area contributed by atoms with Crippen LogP contribution in [0.4, 0.5) is 0 Å². The van der Waals surface area contributed by atoms with E-state index in [2.05, 4.69) is 6.58 Å². The van der Waals surface area contributed by atoms with Gasteiger partial charge in [0, 0.05) is 6.08 Å². The Morgan fingerprint density at radius 1 is 1.50 bits per heavy atom. The van der Waals surface area contributed by atoms with Gasteiger partial charge in [0.15, 0.2) is 0 Å². The molecule has 12 heavy (non-hydrogen) atoms. The third-order valence-electron chi connectivity index (χ3n) is 0.875. The molecule has 0 unspecified atom stereocenters. The zero-order chi connectivity index (χ0) is 9.72. The van der Waals surface area contributed by atoms with Gasteiger partial charge in [0.05, 0.1) is 10.1 Å². The normalized spacial score (nSPS) is 12.8. The van der Waals surface area contributed by atoms with Gasteiger partial charge in [0.2, 0.25) is 0 Å². The summed E-state index contributed by atoms with van der Waals surface area (Å²) in [6.07, 6.45) is 2.24. The lowest BCUT2D eigenvalue weighted by atomic mass is 10.4. The van der Waals surface area contributed by atoms with Crippen LogP contribution in [0.3, 0.4) is 0 Å². The van der Waals surface area contributed by atoms with Crippen molar-refractivity contribution in [3.8, 4) is 0 Å². The highest BCUT2D eigenvalue weighted by atomic mass is 35.5. The molecule has 4 nitrogen and oxygen atoms in total. The molecule has 2 N–H and O–H groups in total. The SMILES string of the molecule is C=C(Cl)/C(=C\C=C(/N)Cl)[N+](=O)[O-]. The Labute approximate surface area is 79.1 Å². The van der Waals surface area contributed by atoms with E-state index in [1.165, 1.54) is 0 Å². The van der Waals surface area contributed by atoms with E-state index in [1.54, 1.807) is 0 Å². The van der Waals surface area contributed by atoms with Crippen molar-refractivity contribution in [2.75, 3.05) is 0 Å². The lowest BCUT2D eigenvalue weighted by Gasteiger charge is -1.91. The van der Waals surface area contributed by atoms with Crippen molar-refractivity contribution in [2.24, 2.45) is 5.73 Å². The van der Waals surface area contributed by atoms with Crippen LogP contribution in [0.1, 0.15) is 0 Å². The molecule has 0 aromatic rings. The molecule has 0 aromatic heterocycles. The monoisotopic (exact) mass is 208 g/mol. The van der Waals surface area contributed by atoms with Crippen molar-refractivity contribution < 1.29 is 4.92 Å². The van der Waals surface area contributed by atoms with E-state index >= 15 is 0 Å². The van der Waals surface area contributed by atoms with Crippen molar-refractivity contribution in [1.29, 1.82) is 0 Å². The average Bonchev–Trinajstić information content (AvgIpc) is 1.84. The molecule has 0 amide bonds. The molecule has 0 aliphatic rings. The molecule has 66 valence electrons. The molecule has 0 aromatic carbocycles. The molecule has 0 saturated heterocycles. The van der Waals surface area contributed by atoms with E-state index < -0.39 is 4.92 Å². The minimum Gasteiger partial charge on any atom is -0.389 e. The number of nitro groups is 1. The topological polar surface area (TPSA) is 69.2 Å². The molecule has 6 heteroatoms. The molecule has 0 fully saturated rings. The molecule has 0 bridgehead atoms. The van der Waals surface area contributed by atoms with Gasteiger partial charge in [-0.2, -0.15) is 0 Å². The number of allylic oxidation sites excluding steroid dienone is 3. The largest absolute Gasteiger partial charge is 0.389 e. The summed E-state index contributed by atoms with van der Waals surface area (Å²) in [5, 5.41) is 10.00. The summed E-state index contributed by atoms with van der Waals surface area (Å²) in [6.45, 7) is 3.20. The smallest absolute Gasteiger partial charge is 0.287 e. The highest BCUT2D eigenvalue weighted by molar-refractivity contribution is 6.31. The summed E-state index contributed by atoms with van der Waals surface area (Å²) in [7, 11) is 0. The fourth-order valence-corrected chi connectivity index (χ4v) is 0.604. The number of hydrogen-bond acceptors (Lipinski definition) is 3. The molecular weight excluding hydrogens is 203 g/mol. The second kappa shape index (κ2) is 4.79. The van der Waals surface area contributed by atoms with Crippen molar-refractivity contribution >= 4 is 23.2 Å². The van der Waals surface area contributed by atoms with Crippen LogP contribution < -0.4 is 5.73 Å². The predicted molar refractivity (Wildman–Crippen MR) is 48.2 cm³/mol. The summed E-state index contributed by atoms with van der Waals surface area (Å²) in [6, 6.07) is 0. The summed E-state index contributed by atoms with van der Waals surface area (Å²) < 4.78 is 0. The Hall–Kier alpha value is -1.00. The number of nitrogens with two attached hydrogens (primary N) is 1. The highest BCUT2D eigenvalue weighted by Gasteiger charge is 2.11. The average molecular weight is 209 g/mol. The Morgan fingerprint density at radius 2 is 2.00 bits per heavy atom. The zero-order valence-corrected chi connectivity index (χ0v) is 7.47. The van der Waals surface area contributed by atoms with Crippen LogP contribution in [-0.2, 0) is 0 Å². The van der Waals surface area contributed by atoms with Gasteiger partial charge in [-0.25, -0.2) is 0 Å². The van der Waals surface area contributed by atoms with Gasteiger partial charge >= 0.3 is 0 Å². The minimum atomic E-state index is -0.675. The fraction of sp³-hybridized carbons (Fsp3) is 0. The first-order valence-corrected chi connectivity index (χ1v) is 3.53. The molecular formula is C6H6Cl2N2O2. The molecule has 0 rings (SSSR count). The van der Waals surface area contributed by atoms with E-state index in [9.17, 15) is 10.1 Å². The number of halogens is 2. The van der Waals surface area contributed by atoms with Gasteiger partial charge in [-0.1, -0.05) is 29.8 Å². The maximum Gasteiger partial charge on any atom is 0.287 e. The first-order valence-electron chi connectivity index (χ1n) is 2.77. The van der Waals surface area contributed by atoms with Crippen molar-refractivity contribution in [3.05, 3.63) is 44.7 Å². The quantitative estimate of drug-likeness (QED) is 0.334. The van der Waals surface area contributed by atoms with Gasteiger partial charge in [-0.3, -0.25) is 10.1 Å². The maximum absolute atomic E-state index is 10.2. The third kappa shape index (κ3) is 4.00. The lowest BCUT2D eigenvalue weighted by Crippen LogP contribution is -1.97. The van der Waals surface area contributed by atoms with Gasteiger partial charge in [0.1, 0.15) is 5.03 Å². The van der Waals surface area contributed by atoms with Crippen molar-refractivity contribution in [3.63, 3.8) is 0 Å². The standard InChI is InChI=1S/C6H6Cl2N2O2/c1-4(7)5(10(11)12)2-3-6(8)9/h2-3H,1,9H2/b5-2+,6-3-. The summed E-state index contributed by atoms with van der Waals surface area (Å²) in [4.78, 5) is 9.56. The van der Waals surface area contributed by atoms with Crippen molar-refractivity contribution in [2.45, 2.75) is 0 Å². The van der Waals surface area contributed by atoms with Crippen LogP contribution >= 0.6 is 23.2 Å². The zero-order valence-electron chi connectivity index (χ0n) is 5.96. The highest BCUT2D eigenvalue weighted by Crippen LogP contribution is 2.12. The molecule has 0 radical (unpaired) electrons. The number of nitrogens with zero attached hydrogens (tertiary/aromatic N) is 1. The molecule has 0 aliphatic carbocycles. The van der Waals surface area contributed by atoms with Crippen LogP contribution in [0.2, 0.25) is 0 Å². The lowest BCUT2D eigenvalue weighted by molar-refractivity contribution is -0.419. The Morgan fingerprint density at radius 3 is 2.25 bits per heavy atom. The Bertz CT molecular complexity index is 251. The second-order valence-electron chi connectivity index (χ2n) is 1.77. The second-order valence-corrected chi connectivity index (χ2v) is 2.66. The summed E-state index contributed by atoms with van der Waals surface area (Å²) in [5.74, 6) is 0. The third-order valence-corrected chi connectivity index (χ3v) is 1.19. The van der Waals surface area contributed by atoms with Gasteiger partial charge in [-0.15, -0.1) is 0 Å². The van der Waals surface area contributed by atoms with E-state index in [-0.39, 0.29) is 15.9 Å². The van der Waals surface area contributed by atoms with E-state index in [4.69, 9.17) is 28.9 Å². The van der Waals surface area contributed by atoms with E-state index in [0.717, 1.165) is 12.2 Å². The maximum atomic E-state index is 10.2. The Kier molecular flexibility index (Phi) is 4.39. The first kappa shape index (κ1) is 11.0. The first-order chi connectivity index (χ1) is 5.45. The van der Waals surface area contributed by atoms with Gasteiger partial charge < -0.3 is 5.73 Å². The van der Waals surface area contributed by atoms with Crippen LogP contribution in [0.15, 0.2) is 34.6 Å². The number of rotatable bonds is 3. The van der Waals surface area contributed by atoms with Crippen molar-refractivity contribution in [1.82, 2.24) is 0 Å². The van der Waals surface area contributed by atoms with Gasteiger partial charge in [0.25, 0.3) is 5.70 Å². The number of hydrogen-bond donors (Lipinski definition) is 1. The van der Waals surface area contributed by atoms with Crippen LogP contribution in [0.25, 0.3) is 0 Å². The van der Waals surface area contributed by atoms with Crippen LogP contribution in [0.5, 0.6) is 0 Å². The van der Waals surface area contributed by atoms with E-state index in [0.29, 0.717) is 0 Å². The molecule has 0 spiro atoms. The predicted octanol–water partition coefficient (Wildman–Crippen LogP) is 1.94. The van der Waals surface area contributed by atoms with E-state index in [1.807, 2.05) is 0 Å².